The smallest absolute Gasteiger partial charge is 0.205 e. The number of carbonyl (C=O) groups is 1. The second-order valence-corrected chi connectivity index (χ2v) is 8.51. The van der Waals surface area contributed by atoms with Crippen LogP contribution in [0, 0.1) is 5.82 Å². The fourth-order valence-corrected chi connectivity index (χ4v) is 4.86. The van der Waals surface area contributed by atoms with Gasteiger partial charge in [0, 0.05) is 16.5 Å². The van der Waals surface area contributed by atoms with Gasteiger partial charge in [0.05, 0.1) is 18.5 Å². The number of rotatable bonds is 5. The van der Waals surface area contributed by atoms with Crippen LogP contribution in [0.3, 0.4) is 0 Å². The number of nitrogens with zero attached hydrogens (tertiary/aromatic N) is 1. The first kappa shape index (κ1) is 20.8. The lowest BCUT2D eigenvalue weighted by molar-refractivity contribution is 0.104. The van der Waals surface area contributed by atoms with Crippen molar-refractivity contribution < 1.29 is 13.9 Å². The van der Waals surface area contributed by atoms with Gasteiger partial charge in [-0.2, -0.15) is 0 Å². The lowest BCUT2D eigenvalue weighted by atomic mass is 9.98. The molecule has 2 aromatic heterocycles. The van der Waals surface area contributed by atoms with Crippen molar-refractivity contribution in [2.24, 2.45) is 0 Å². The van der Waals surface area contributed by atoms with Gasteiger partial charge in [-0.15, -0.1) is 11.3 Å². The number of carbonyl (C=O) groups excluding carboxylic acids is 1. The van der Waals surface area contributed by atoms with Gasteiger partial charge < -0.3 is 10.5 Å². The Bertz CT molecular complexity index is 1460. The van der Waals surface area contributed by atoms with E-state index in [-0.39, 0.29) is 11.6 Å². The second kappa shape index (κ2) is 8.48. The summed E-state index contributed by atoms with van der Waals surface area (Å²) in [7, 11) is 1.62. The maximum Gasteiger partial charge on any atom is 0.205 e. The number of pyridine rings is 1. The van der Waals surface area contributed by atoms with Crippen LogP contribution in [0.4, 0.5) is 10.1 Å². The number of halogens is 1. The number of anilines is 1. The molecule has 5 aromatic rings. The molecule has 0 saturated heterocycles. The number of ketones is 1. The number of fused-ring (bicyclic) bond motifs is 1. The minimum Gasteiger partial charge on any atom is -0.497 e. The summed E-state index contributed by atoms with van der Waals surface area (Å²) >= 11 is 1.27. The monoisotopic (exact) mass is 454 g/mol. The molecule has 6 heteroatoms. The topological polar surface area (TPSA) is 65.2 Å². The summed E-state index contributed by atoms with van der Waals surface area (Å²) in [4.78, 5) is 19.1. The van der Waals surface area contributed by atoms with Crippen molar-refractivity contribution in [3.8, 4) is 28.1 Å². The summed E-state index contributed by atoms with van der Waals surface area (Å²) in [6.07, 6.45) is 0. The maximum atomic E-state index is 13.6. The maximum absolute atomic E-state index is 13.6. The number of hydrogen-bond acceptors (Lipinski definition) is 5. The molecule has 33 heavy (non-hydrogen) atoms. The molecular weight excluding hydrogens is 435 g/mol. The number of nitrogen functional groups attached to an aromatic ring is 1. The van der Waals surface area contributed by atoms with E-state index in [1.165, 1.54) is 23.5 Å². The Morgan fingerprint density at radius 1 is 0.939 bits per heavy atom. The summed E-state index contributed by atoms with van der Waals surface area (Å²) in [6, 6.07) is 24.8. The molecule has 2 N–H and O–H groups in total. The van der Waals surface area contributed by atoms with Gasteiger partial charge in [0.2, 0.25) is 5.78 Å². The molecule has 5 rings (SSSR count). The fraction of sp³-hybridized carbons (Fsp3) is 0.0370. The highest BCUT2D eigenvalue weighted by atomic mass is 32.1. The Balaban J connectivity index is 1.74. The molecule has 0 atom stereocenters. The van der Waals surface area contributed by atoms with Crippen molar-refractivity contribution >= 4 is 33.0 Å². The third-order valence-electron chi connectivity index (χ3n) is 5.48. The zero-order chi connectivity index (χ0) is 22.9. The summed E-state index contributed by atoms with van der Waals surface area (Å²) in [5.41, 5.74) is 10.7. The first-order valence-electron chi connectivity index (χ1n) is 10.3. The molecule has 0 amide bonds. The third kappa shape index (κ3) is 3.85. The van der Waals surface area contributed by atoms with Crippen molar-refractivity contribution in [3.63, 3.8) is 0 Å². The second-order valence-electron chi connectivity index (χ2n) is 7.51. The van der Waals surface area contributed by atoms with E-state index < -0.39 is 0 Å². The molecule has 3 aromatic carbocycles. The van der Waals surface area contributed by atoms with Crippen molar-refractivity contribution in [3.05, 3.63) is 101 Å². The molecule has 0 aliphatic heterocycles. The van der Waals surface area contributed by atoms with Crippen LogP contribution in [0.15, 0.2) is 84.9 Å². The first-order chi connectivity index (χ1) is 16.0. The number of nitrogens with two attached hydrogens (primary N) is 1. The predicted octanol–water partition coefficient (Wildman–Crippen LogP) is 6.59. The van der Waals surface area contributed by atoms with Crippen molar-refractivity contribution in [1.29, 1.82) is 0 Å². The fourth-order valence-electron chi connectivity index (χ4n) is 3.78. The number of methoxy groups -OCH3 is 1. The standard InChI is InChI=1S/C27H19FN2O2S/c1-32-20-13-9-17(10-14-20)22-15-21(16-7-11-19(28)12-8-16)23-24(29)26(33-27(23)30-22)25(31)18-5-3-2-4-6-18/h2-15H,29H2,1H3. The SMILES string of the molecule is COc1ccc(-c2cc(-c3ccc(F)cc3)c3c(N)c(C(=O)c4ccccc4)sc3n2)cc1. The highest BCUT2D eigenvalue weighted by Crippen LogP contribution is 2.42. The third-order valence-corrected chi connectivity index (χ3v) is 6.58. The van der Waals surface area contributed by atoms with Gasteiger partial charge in [0.1, 0.15) is 21.3 Å². The summed E-state index contributed by atoms with van der Waals surface area (Å²) in [5, 5.41) is 0.697. The Morgan fingerprint density at radius 2 is 1.61 bits per heavy atom. The molecule has 0 spiro atoms. The quantitative estimate of drug-likeness (QED) is 0.304. The molecule has 0 fully saturated rings. The number of thiophene rings is 1. The summed E-state index contributed by atoms with van der Waals surface area (Å²) < 4.78 is 18.9. The van der Waals surface area contributed by atoms with Crippen molar-refractivity contribution in [2.75, 3.05) is 12.8 Å². The lowest BCUT2D eigenvalue weighted by Crippen LogP contribution is -2.01. The van der Waals surface area contributed by atoms with Gasteiger partial charge in [-0.3, -0.25) is 4.79 Å². The molecule has 0 unspecified atom stereocenters. The van der Waals surface area contributed by atoms with E-state index in [1.807, 2.05) is 48.5 Å². The van der Waals surface area contributed by atoms with Crippen molar-refractivity contribution in [2.45, 2.75) is 0 Å². The lowest BCUT2D eigenvalue weighted by Gasteiger charge is -2.09. The molecule has 0 radical (unpaired) electrons. The minimum atomic E-state index is -0.322. The highest BCUT2D eigenvalue weighted by molar-refractivity contribution is 7.21. The van der Waals surface area contributed by atoms with Crippen LogP contribution >= 0.6 is 11.3 Å². The molecule has 0 aliphatic carbocycles. The van der Waals surface area contributed by atoms with E-state index in [0.29, 0.717) is 26.3 Å². The molecule has 0 saturated carbocycles. The van der Waals surface area contributed by atoms with Gasteiger partial charge >= 0.3 is 0 Å². The zero-order valence-electron chi connectivity index (χ0n) is 17.7. The molecule has 162 valence electrons. The highest BCUT2D eigenvalue weighted by Gasteiger charge is 2.22. The Kier molecular flexibility index (Phi) is 5.36. The van der Waals surface area contributed by atoms with Crippen LogP contribution in [0.25, 0.3) is 32.6 Å². The number of aromatic nitrogens is 1. The number of hydrogen-bond donors (Lipinski definition) is 1. The van der Waals surface area contributed by atoms with Crippen LogP contribution in [0.2, 0.25) is 0 Å². The molecule has 2 heterocycles. The van der Waals surface area contributed by atoms with Crippen LogP contribution < -0.4 is 10.5 Å². The van der Waals surface area contributed by atoms with E-state index in [0.717, 1.165) is 28.1 Å². The van der Waals surface area contributed by atoms with E-state index in [4.69, 9.17) is 15.5 Å². The van der Waals surface area contributed by atoms with Gasteiger partial charge in [-0.25, -0.2) is 9.37 Å². The van der Waals surface area contributed by atoms with Gasteiger partial charge in [0.25, 0.3) is 0 Å². The minimum absolute atomic E-state index is 0.146. The molecular formula is C27H19FN2O2S. The zero-order valence-corrected chi connectivity index (χ0v) is 18.5. The van der Waals surface area contributed by atoms with Crippen molar-refractivity contribution in [1.82, 2.24) is 4.98 Å². The Labute approximate surface area is 194 Å². The molecule has 0 aliphatic rings. The summed E-state index contributed by atoms with van der Waals surface area (Å²) in [6.45, 7) is 0. The molecule has 0 bridgehead atoms. The number of benzene rings is 3. The van der Waals surface area contributed by atoms with Crippen LogP contribution in [0.1, 0.15) is 15.2 Å². The van der Waals surface area contributed by atoms with E-state index in [9.17, 15) is 9.18 Å². The van der Waals surface area contributed by atoms with Gasteiger partial charge in [-0.1, -0.05) is 42.5 Å². The average Bonchev–Trinajstić information content (AvgIpc) is 3.20. The predicted molar refractivity (Wildman–Crippen MR) is 131 cm³/mol. The van der Waals surface area contributed by atoms with Gasteiger partial charge in [0.15, 0.2) is 0 Å². The van der Waals surface area contributed by atoms with Crippen LogP contribution in [-0.2, 0) is 0 Å². The number of ether oxygens (including phenoxy) is 1. The van der Waals surface area contributed by atoms with E-state index >= 15 is 0 Å². The first-order valence-corrected chi connectivity index (χ1v) is 11.1. The Hall–Kier alpha value is -4.03. The Morgan fingerprint density at radius 3 is 2.27 bits per heavy atom. The van der Waals surface area contributed by atoms with E-state index in [2.05, 4.69) is 0 Å². The summed E-state index contributed by atoms with van der Waals surface area (Å²) in [5.74, 6) is 0.277. The van der Waals surface area contributed by atoms with Crippen LogP contribution in [-0.4, -0.2) is 17.9 Å². The average molecular weight is 455 g/mol. The van der Waals surface area contributed by atoms with Gasteiger partial charge in [-0.05, 0) is 53.6 Å². The largest absolute Gasteiger partial charge is 0.497 e. The van der Waals surface area contributed by atoms with E-state index in [1.54, 1.807) is 31.4 Å². The normalized spacial score (nSPS) is 11.0. The molecule has 4 nitrogen and oxygen atoms in total. The van der Waals surface area contributed by atoms with Crippen LogP contribution in [0.5, 0.6) is 5.75 Å².